The van der Waals surface area contributed by atoms with Crippen LogP contribution in [0.4, 0.5) is 0 Å². The zero-order chi connectivity index (χ0) is 9.97. The number of rotatable bonds is 1. The van der Waals surface area contributed by atoms with Crippen LogP contribution < -0.4 is 0 Å². The lowest BCUT2D eigenvalue weighted by molar-refractivity contribution is 1.14. The molecule has 0 aliphatic heterocycles. The number of aromatic nitrogens is 4. The van der Waals surface area contributed by atoms with Gasteiger partial charge in [-0.25, -0.2) is 19.9 Å². The van der Waals surface area contributed by atoms with Crippen molar-refractivity contribution < 1.29 is 0 Å². The molecule has 2 aromatic heterocycles. The van der Waals surface area contributed by atoms with Gasteiger partial charge in [-0.1, -0.05) is 11.6 Å². The standard InChI is InChI=1S/C8H4Cl2N4/c9-7-6(3-13-8(10)14-7)5-1-11-4-12-2-5/h1-4H. The van der Waals surface area contributed by atoms with Crippen LogP contribution in [0.2, 0.25) is 10.4 Å². The number of hydrogen-bond acceptors (Lipinski definition) is 4. The van der Waals surface area contributed by atoms with Crippen LogP contribution in [0.3, 0.4) is 0 Å². The fourth-order valence-corrected chi connectivity index (χ4v) is 1.39. The van der Waals surface area contributed by atoms with Crippen LogP contribution >= 0.6 is 23.2 Å². The summed E-state index contributed by atoms with van der Waals surface area (Å²) in [6.07, 6.45) is 6.24. The summed E-state index contributed by atoms with van der Waals surface area (Å²) in [4.78, 5) is 15.4. The van der Waals surface area contributed by atoms with E-state index in [0.29, 0.717) is 10.7 Å². The van der Waals surface area contributed by atoms with E-state index in [1.807, 2.05) is 0 Å². The van der Waals surface area contributed by atoms with Crippen molar-refractivity contribution in [1.82, 2.24) is 19.9 Å². The van der Waals surface area contributed by atoms with Gasteiger partial charge in [-0.15, -0.1) is 0 Å². The molecular weight excluding hydrogens is 223 g/mol. The molecule has 0 bridgehead atoms. The van der Waals surface area contributed by atoms with Gasteiger partial charge in [-0.3, -0.25) is 0 Å². The Morgan fingerprint density at radius 2 is 1.71 bits per heavy atom. The van der Waals surface area contributed by atoms with E-state index in [1.165, 1.54) is 12.5 Å². The van der Waals surface area contributed by atoms with Gasteiger partial charge in [0.25, 0.3) is 0 Å². The SMILES string of the molecule is Clc1ncc(-c2cncnc2)c(Cl)n1. The van der Waals surface area contributed by atoms with E-state index in [2.05, 4.69) is 19.9 Å². The van der Waals surface area contributed by atoms with E-state index >= 15 is 0 Å². The van der Waals surface area contributed by atoms with Gasteiger partial charge in [-0.2, -0.15) is 0 Å². The molecule has 0 saturated heterocycles. The smallest absolute Gasteiger partial charge is 0.223 e. The lowest BCUT2D eigenvalue weighted by Crippen LogP contribution is -1.88. The van der Waals surface area contributed by atoms with Crippen molar-refractivity contribution in [3.8, 4) is 11.1 Å². The minimum absolute atomic E-state index is 0.121. The van der Waals surface area contributed by atoms with Gasteiger partial charge in [0.2, 0.25) is 5.28 Å². The normalized spacial score (nSPS) is 10.1. The number of nitrogens with zero attached hydrogens (tertiary/aromatic N) is 4. The fraction of sp³-hybridized carbons (Fsp3) is 0. The molecule has 0 saturated carbocycles. The zero-order valence-electron chi connectivity index (χ0n) is 6.85. The van der Waals surface area contributed by atoms with Crippen molar-refractivity contribution in [1.29, 1.82) is 0 Å². The van der Waals surface area contributed by atoms with Crippen LogP contribution in [0.5, 0.6) is 0 Å². The molecule has 14 heavy (non-hydrogen) atoms. The van der Waals surface area contributed by atoms with Crippen molar-refractivity contribution in [3.63, 3.8) is 0 Å². The Morgan fingerprint density at radius 3 is 2.36 bits per heavy atom. The highest BCUT2D eigenvalue weighted by Gasteiger charge is 2.06. The summed E-state index contributed by atoms with van der Waals surface area (Å²) in [5.74, 6) is 0. The summed E-state index contributed by atoms with van der Waals surface area (Å²) in [5.41, 5.74) is 1.42. The Balaban J connectivity index is 2.53. The molecule has 0 aliphatic carbocycles. The molecule has 0 radical (unpaired) electrons. The second-order valence-electron chi connectivity index (χ2n) is 2.47. The largest absolute Gasteiger partial charge is 0.244 e. The Bertz CT molecular complexity index is 446. The van der Waals surface area contributed by atoms with Crippen LogP contribution in [-0.2, 0) is 0 Å². The van der Waals surface area contributed by atoms with Crippen LogP contribution in [0.25, 0.3) is 11.1 Å². The van der Waals surface area contributed by atoms with E-state index in [0.717, 1.165) is 5.56 Å². The third-order valence-corrected chi connectivity index (χ3v) is 2.05. The summed E-state index contributed by atoms with van der Waals surface area (Å²) >= 11 is 11.4. The maximum absolute atomic E-state index is 5.87. The minimum atomic E-state index is 0.121. The average molecular weight is 227 g/mol. The lowest BCUT2D eigenvalue weighted by atomic mass is 10.2. The molecule has 0 spiro atoms. The quantitative estimate of drug-likeness (QED) is 0.553. The predicted octanol–water partition coefficient (Wildman–Crippen LogP) is 2.24. The summed E-state index contributed by atoms with van der Waals surface area (Å²) in [6.45, 7) is 0. The highest BCUT2D eigenvalue weighted by Crippen LogP contribution is 2.24. The Morgan fingerprint density at radius 1 is 1.00 bits per heavy atom. The first-order valence-electron chi connectivity index (χ1n) is 3.71. The van der Waals surface area contributed by atoms with Crippen LogP contribution in [-0.4, -0.2) is 19.9 Å². The third-order valence-electron chi connectivity index (χ3n) is 1.58. The first-order valence-corrected chi connectivity index (χ1v) is 4.46. The van der Waals surface area contributed by atoms with E-state index in [-0.39, 0.29) is 5.28 Å². The number of halogens is 2. The van der Waals surface area contributed by atoms with Crippen LogP contribution in [0.1, 0.15) is 0 Å². The van der Waals surface area contributed by atoms with Crippen molar-refractivity contribution in [2.45, 2.75) is 0 Å². The molecule has 2 aromatic rings. The Labute approximate surface area is 90.0 Å². The van der Waals surface area contributed by atoms with E-state index < -0.39 is 0 Å². The van der Waals surface area contributed by atoms with Gasteiger partial charge in [-0.05, 0) is 11.6 Å². The molecule has 2 heterocycles. The monoisotopic (exact) mass is 226 g/mol. The molecule has 0 fully saturated rings. The molecule has 70 valence electrons. The molecule has 6 heteroatoms. The van der Waals surface area contributed by atoms with Gasteiger partial charge in [0, 0.05) is 29.7 Å². The topological polar surface area (TPSA) is 51.6 Å². The molecule has 0 atom stereocenters. The van der Waals surface area contributed by atoms with Gasteiger partial charge in [0.05, 0.1) is 0 Å². The molecule has 4 nitrogen and oxygen atoms in total. The highest BCUT2D eigenvalue weighted by atomic mass is 35.5. The van der Waals surface area contributed by atoms with Gasteiger partial charge >= 0.3 is 0 Å². The molecule has 0 amide bonds. The Hall–Kier alpha value is -1.26. The minimum Gasteiger partial charge on any atom is -0.244 e. The average Bonchev–Trinajstić information content (AvgIpc) is 2.19. The molecule has 0 aliphatic rings. The lowest BCUT2D eigenvalue weighted by Gasteiger charge is -2.01. The summed E-state index contributed by atoms with van der Waals surface area (Å²) in [7, 11) is 0. The summed E-state index contributed by atoms with van der Waals surface area (Å²) in [6, 6.07) is 0. The van der Waals surface area contributed by atoms with E-state index in [1.54, 1.807) is 12.4 Å². The second kappa shape index (κ2) is 3.86. The maximum atomic E-state index is 5.87. The molecule has 0 unspecified atom stereocenters. The van der Waals surface area contributed by atoms with Gasteiger partial charge < -0.3 is 0 Å². The first kappa shape index (κ1) is 9.30. The van der Waals surface area contributed by atoms with Gasteiger partial charge in [0.15, 0.2) is 0 Å². The molecule has 0 aromatic carbocycles. The summed E-state index contributed by atoms with van der Waals surface area (Å²) in [5, 5.41) is 0.412. The van der Waals surface area contributed by atoms with E-state index in [4.69, 9.17) is 23.2 Å². The molecule has 2 rings (SSSR count). The summed E-state index contributed by atoms with van der Waals surface area (Å²) < 4.78 is 0. The highest BCUT2D eigenvalue weighted by molar-refractivity contribution is 6.33. The van der Waals surface area contributed by atoms with Crippen LogP contribution in [0, 0.1) is 0 Å². The van der Waals surface area contributed by atoms with Crippen molar-refractivity contribution in [3.05, 3.63) is 35.4 Å². The zero-order valence-corrected chi connectivity index (χ0v) is 8.37. The maximum Gasteiger partial charge on any atom is 0.223 e. The van der Waals surface area contributed by atoms with Crippen molar-refractivity contribution >= 4 is 23.2 Å². The third kappa shape index (κ3) is 1.81. The van der Waals surface area contributed by atoms with E-state index in [9.17, 15) is 0 Å². The molecular formula is C8H4Cl2N4. The van der Waals surface area contributed by atoms with Gasteiger partial charge in [0.1, 0.15) is 11.5 Å². The van der Waals surface area contributed by atoms with Crippen molar-refractivity contribution in [2.24, 2.45) is 0 Å². The van der Waals surface area contributed by atoms with Crippen molar-refractivity contribution in [2.75, 3.05) is 0 Å². The van der Waals surface area contributed by atoms with Crippen LogP contribution in [0.15, 0.2) is 24.9 Å². The first-order chi connectivity index (χ1) is 6.77. The second-order valence-corrected chi connectivity index (χ2v) is 3.17. The fourth-order valence-electron chi connectivity index (χ4n) is 0.973. The predicted molar refractivity (Wildman–Crippen MR) is 53.1 cm³/mol. The molecule has 0 N–H and O–H groups in total. The number of hydrogen-bond donors (Lipinski definition) is 0. The Kier molecular flexibility index (Phi) is 2.56.